The molecule has 0 atom stereocenters. The molecular weight excluding hydrogens is 373 g/mol. The van der Waals surface area contributed by atoms with Crippen molar-refractivity contribution in [3.8, 4) is 5.75 Å². The van der Waals surface area contributed by atoms with Crippen LogP contribution in [0.3, 0.4) is 0 Å². The molecule has 1 aliphatic rings. The molecule has 0 radical (unpaired) electrons. The van der Waals surface area contributed by atoms with E-state index in [1.54, 1.807) is 6.92 Å². The summed E-state index contributed by atoms with van der Waals surface area (Å²) in [6.45, 7) is 2.86. The van der Waals surface area contributed by atoms with Gasteiger partial charge in [0.1, 0.15) is 25.6 Å². The molecule has 8 heteroatoms. The molecule has 0 amide bonds. The average molecular weight is 392 g/mol. The van der Waals surface area contributed by atoms with Crippen LogP contribution >= 0.6 is 0 Å². The highest BCUT2D eigenvalue weighted by molar-refractivity contribution is 5.98. The van der Waals surface area contributed by atoms with E-state index in [1.807, 2.05) is 24.3 Å². The molecule has 2 aromatic carbocycles. The van der Waals surface area contributed by atoms with Gasteiger partial charge >= 0.3 is 6.18 Å². The molecule has 2 aromatic rings. The third kappa shape index (κ3) is 5.48. The second-order valence-electron chi connectivity index (χ2n) is 6.20. The van der Waals surface area contributed by atoms with Gasteiger partial charge in [0.2, 0.25) is 0 Å². The third-order valence-corrected chi connectivity index (χ3v) is 4.07. The number of ether oxygens (including phenoxy) is 1. The van der Waals surface area contributed by atoms with Crippen molar-refractivity contribution in [2.45, 2.75) is 26.1 Å². The van der Waals surface area contributed by atoms with Crippen LogP contribution < -0.4 is 4.74 Å². The highest BCUT2D eigenvalue weighted by Crippen LogP contribution is 2.29. The summed E-state index contributed by atoms with van der Waals surface area (Å²) in [6.07, 6.45) is -3.57. The molecule has 0 spiro atoms. The molecule has 148 valence electrons. The molecule has 0 unspecified atom stereocenters. The SMILES string of the molecule is CC(=NOCc1ccc(C(F)(F)F)cc1)c1ccc(OCC2=NOCC2)cc1. The van der Waals surface area contributed by atoms with Gasteiger partial charge in [-0.1, -0.05) is 22.4 Å². The van der Waals surface area contributed by atoms with Gasteiger partial charge in [0.15, 0.2) is 0 Å². The zero-order valence-corrected chi connectivity index (χ0v) is 15.2. The molecule has 1 heterocycles. The van der Waals surface area contributed by atoms with E-state index in [0.29, 0.717) is 30.2 Å². The molecule has 0 aromatic heterocycles. The average Bonchev–Trinajstić information content (AvgIpc) is 3.20. The van der Waals surface area contributed by atoms with Crippen molar-refractivity contribution in [3.05, 3.63) is 65.2 Å². The molecule has 5 nitrogen and oxygen atoms in total. The highest BCUT2D eigenvalue weighted by atomic mass is 19.4. The van der Waals surface area contributed by atoms with Crippen LogP contribution in [0, 0.1) is 0 Å². The lowest BCUT2D eigenvalue weighted by molar-refractivity contribution is -0.137. The minimum Gasteiger partial charge on any atom is -0.488 e. The van der Waals surface area contributed by atoms with Gasteiger partial charge in [0.25, 0.3) is 0 Å². The van der Waals surface area contributed by atoms with Crippen molar-refractivity contribution in [2.75, 3.05) is 13.2 Å². The number of benzene rings is 2. The van der Waals surface area contributed by atoms with Crippen LogP contribution in [-0.2, 0) is 22.5 Å². The molecule has 0 saturated carbocycles. The Morgan fingerprint density at radius 2 is 1.79 bits per heavy atom. The van der Waals surface area contributed by atoms with Crippen LogP contribution in [0.1, 0.15) is 30.0 Å². The first-order valence-corrected chi connectivity index (χ1v) is 8.65. The lowest BCUT2D eigenvalue weighted by Crippen LogP contribution is -2.09. The van der Waals surface area contributed by atoms with Gasteiger partial charge < -0.3 is 14.4 Å². The molecule has 28 heavy (non-hydrogen) atoms. The zero-order valence-electron chi connectivity index (χ0n) is 15.2. The Morgan fingerprint density at radius 1 is 1.07 bits per heavy atom. The molecular formula is C20H19F3N2O3. The molecule has 3 rings (SSSR count). The van der Waals surface area contributed by atoms with E-state index in [9.17, 15) is 13.2 Å². The zero-order chi connectivity index (χ0) is 20.0. The number of rotatable bonds is 7. The normalized spacial score (nSPS) is 14.4. The lowest BCUT2D eigenvalue weighted by atomic mass is 10.1. The number of oxime groups is 2. The molecule has 0 aliphatic carbocycles. The molecule has 0 bridgehead atoms. The summed E-state index contributed by atoms with van der Waals surface area (Å²) in [5.41, 5.74) is 2.28. The Bertz CT molecular complexity index is 844. The maximum atomic E-state index is 12.5. The van der Waals surface area contributed by atoms with Crippen LogP contribution in [-0.4, -0.2) is 24.6 Å². The monoisotopic (exact) mass is 392 g/mol. The van der Waals surface area contributed by atoms with Gasteiger partial charge in [-0.25, -0.2) is 0 Å². The summed E-state index contributed by atoms with van der Waals surface area (Å²) in [7, 11) is 0. The van der Waals surface area contributed by atoms with Gasteiger partial charge in [-0.2, -0.15) is 13.2 Å². The fraction of sp³-hybridized carbons (Fsp3) is 0.300. The maximum Gasteiger partial charge on any atom is 0.416 e. The predicted octanol–water partition coefficient (Wildman–Crippen LogP) is 4.80. The van der Waals surface area contributed by atoms with Crippen molar-refractivity contribution in [3.63, 3.8) is 0 Å². The van der Waals surface area contributed by atoms with Crippen LogP contribution in [0.5, 0.6) is 5.75 Å². The summed E-state index contributed by atoms with van der Waals surface area (Å²) in [5.74, 6) is 0.705. The van der Waals surface area contributed by atoms with E-state index < -0.39 is 11.7 Å². The van der Waals surface area contributed by atoms with Gasteiger partial charge in [-0.15, -0.1) is 0 Å². The molecule has 1 aliphatic heterocycles. The fourth-order valence-corrected chi connectivity index (χ4v) is 2.45. The number of nitrogens with zero attached hydrogens (tertiary/aromatic N) is 2. The smallest absolute Gasteiger partial charge is 0.416 e. The minimum atomic E-state index is -4.34. The molecule has 0 fully saturated rings. The first kappa shape index (κ1) is 19.7. The Balaban J connectivity index is 1.50. The summed E-state index contributed by atoms with van der Waals surface area (Å²) < 4.78 is 43.3. The summed E-state index contributed by atoms with van der Waals surface area (Å²) in [4.78, 5) is 10.2. The van der Waals surface area contributed by atoms with E-state index in [1.165, 1.54) is 12.1 Å². The Kier molecular flexibility index (Phi) is 6.18. The Labute approximate surface area is 160 Å². The van der Waals surface area contributed by atoms with Crippen molar-refractivity contribution < 1.29 is 27.6 Å². The third-order valence-electron chi connectivity index (χ3n) is 4.07. The number of hydrogen-bond donors (Lipinski definition) is 0. The van der Waals surface area contributed by atoms with Crippen molar-refractivity contribution in [1.82, 2.24) is 0 Å². The second kappa shape index (κ2) is 8.77. The predicted molar refractivity (Wildman–Crippen MR) is 98.4 cm³/mol. The van der Waals surface area contributed by atoms with Crippen molar-refractivity contribution in [2.24, 2.45) is 10.3 Å². The second-order valence-corrected chi connectivity index (χ2v) is 6.20. The Hall–Kier alpha value is -3.03. The number of halogens is 3. The van der Waals surface area contributed by atoms with E-state index in [0.717, 1.165) is 29.8 Å². The van der Waals surface area contributed by atoms with E-state index in [2.05, 4.69) is 10.3 Å². The highest BCUT2D eigenvalue weighted by Gasteiger charge is 2.29. The first-order valence-electron chi connectivity index (χ1n) is 8.65. The lowest BCUT2D eigenvalue weighted by Gasteiger charge is -2.08. The largest absolute Gasteiger partial charge is 0.488 e. The fourth-order valence-electron chi connectivity index (χ4n) is 2.45. The van der Waals surface area contributed by atoms with Gasteiger partial charge in [-0.3, -0.25) is 0 Å². The van der Waals surface area contributed by atoms with E-state index >= 15 is 0 Å². The van der Waals surface area contributed by atoms with E-state index in [-0.39, 0.29) is 6.61 Å². The summed E-state index contributed by atoms with van der Waals surface area (Å²) in [6, 6.07) is 12.1. The number of alkyl halides is 3. The maximum absolute atomic E-state index is 12.5. The van der Waals surface area contributed by atoms with Gasteiger partial charge in [0.05, 0.1) is 17.0 Å². The van der Waals surface area contributed by atoms with Crippen LogP contribution in [0.2, 0.25) is 0 Å². The quantitative estimate of drug-likeness (QED) is 0.502. The standard InChI is InChI=1S/C20H19F3N2O3/c1-14(24-28-12-15-2-6-17(7-3-15)20(21,22)23)16-4-8-19(9-5-16)26-13-18-10-11-27-25-18/h2-9H,10-13H2,1H3. The van der Waals surface area contributed by atoms with Gasteiger partial charge in [-0.05, 0) is 54.4 Å². The molecule has 0 saturated heterocycles. The number of hydrogen-bond acceptors (Lipinski definition) is 5. The van der Waals surface area contributed by atoms with E-state index in [4.69, 9.17) is 14.4 Å². The topological polar surface area (TPSA) is 52.4 Å². The van der Waals surface area contributed by atoms with Gasteiger partial charge in [0, 0.05) is 6.42 Å². The van der Waals surface area contributed by atoms with Crippen LogP contribution in [0.4, 0.5) is 13.2 Å². The minimum absolute atomic E-state index is 0.0842. The van der Waals surface area contributed by atoms with Crippen molar-refractivity contribution in [1.29, 1.82) is 0 Å². The van der Waals surface area contributed by atoms with Crippen molar-refractivity contribution >= 4 is 11.4 Å². The van der Waals surface area contributed by atoms with Crippen LogP contribution in [0.15, 0.2) is 58.8 Å². The Morgan fingerprint density at radius 3 is 2.39 bits per heavy atom. The summed E-state index contributed by atoms with van der Waals surface area (Å²) in [5, 5.41) is 7.89. The summed E-state index contributed by atoms with van der Waals surface area (Å²) >= 11 is 0. The van der Waals surface area contributed by atoms with Crippen LogP contribution in [0.25, 0.3) is 0 Å². The first-order chi connectivity index (χ1) is 13.4. The molecule has 0 N–H and O–H groups in total.